The minimum atomic E-state index is -0.281. The van der Waals surface area contributed by atoms with Crippen molar-refractivity contribution >= 4 is 11.9 Å². The van der Waals surface area contributed by atoms with Crippen LogP contribution in [-0.2, 0) is 46.3 Å². The monoisotopic (exact) mass is 636 g/mol. The van der Waals surface area contributed by atoms with Crippen molar-refractivity contribution in [1.82, 2.24) is 0 Å². The maximum absolute atomic E-state index is 12.8. The third-order valence-electron chi connectivity index (χ3n) is 7.49. The zero-order chi connectivity index (χ0) is 32.2. The van der Waals surface area contributed by atoms with Crippen molar-refractivity contribution in [1.29, 1.82) is 0 Å². The minimum absolute atomic E-state index is 0.151. The molecule has 46 heavy (non-hydrogen) atoms. The summed E-state index contributed by atoms with van der Waals surface area (Å²) in [6.07, 6.45) is 3.00. The summed E-state index contributed by atoms with van der Waals surface area (Å²) in [7, 11) is 1.61. The Morgan fingerprint density at radius 3 is 1.72 bits per heavy atom. The molecule has 0 aromatic heterocycles. The molecular weight excluding hydrogens is 592 g/mol. The van der Waals surface area contributed by atoms with Crippen LogP contribution in [0.3, 0.4) is 0 Å². The van der Waals surface area contributed by atoms with Crippen molar-refractivity contribution < 1.29 is 47.5 Å². The van der Waals surface area contributed by atoms with Crippen LogP contribution < -0.4 is 14.2 Å². The summed E-state index contributed by atoms with van der Waals surface area (Å²) in [5.41, 5.74) is 2.17. The summed E-state index contributed by atoms with van der Waals surface area (Å²) in [5, 5.41) is 0. The number of hydrogen-bond donors (Lipinski definition) is 0. The van der Waals surface area contributed by atoms with E-state index < -0.39 is 0 Å². The molecule has 0 spiro atoms. The Morgan fingerprint density at radius 1 is 0.565 bits per heavy atom. The van der Waals surface area contributed by atoms with Gasteiger partial charge in [-0.1, -0.05) is 42.5 Å². The SMILES string of the molecule is COCCOCOCOCCc1ccc(OC(=O)C2CCC(C(=O)Oc3ccc(OCCOCc4ccccc4)cc3)CC2)cc1. The molecule has 0 amide bonds. The van der Waals surface area contributed by atoms with Gasteiger partial charge >= 0.3 is 11.9 Å². The van der Waals surface area contributed by atoms with E-state index in [0.717, 1.165) is 11.1 Å². The van der Waals surface area contributed by atoms with E-state index in [2.05, 4.69) is 0 Å². The quantitative estimate of drug-likeness (QED) is 0.0658. The van der Waals surface area contributed by atoms with Gasteiger partial charge in [-0.2, -0.15) is 0 Å². The summed E-state index contributed by atoms with van der Waals surface area (Å²) in [4.78, 5) is 25.6. The normalized spacial score (nSPS) is 16.1. The highest BCUT2D eigenvalue weighted by molar-refractivity contribution is 5.77. The second kappa shape index (κ2) is 20.3. The zero-order valence-electron chi connectivity index (χ0n) is 26.4. The van der Waals surface area contributed by atoms with E-state index in [1.165, 1.54) is 0 Å². The van der Waals surface area contributed by atoms with Crippen LogP contribution in [0.5, 0.6) is 17.2 Å². The summed E-state index contributed by atoms with van der Waals surface area (Å²) >= 11 is 0. The molecule has 0 N–H and O–H groups in total. The fourth-order valence-electron chi connectivity index (χ4n) is 4.88. The van der Waals surface area contributed by atoms with Gasteiger partial charge in [0.25, 0.3) is 0 Å². The third-order valence-corrected chi connectivity index (χ3v) is 7.49. The first-order chi connectivity index (χ1) is 22.6. The van der Waals surface area contributed by atoms with E-state index in [4.69, 9.17) is 37.9 Å². The lowest BCUT2D eigenvalue weighted by Gasteiger charge is -2.25. The van der Waals surface area contributed by atoms with Crippen LogP contribution in [0.4, 0.5) is 0 Å². The summed E-state index contributed by atoms with van der Waals surface area (Å²) in [6.45, 7) is 3.23. The van der Waals surface area contributed by atoms with E-state index in [1.807, 2.05) is 42.5 Å². The first-order valence-electron chi connectivity index (χ1n) is 15.7. The number of ether oxygens (including phenoxy) is 8. The van der Waals surface area contributed by atoms with Gasteiger partial charge in [0.05, 0.1) is 44.9 Å². The smallest absolute Gasteiger partial charge is 0.314 e. The Hall–Kier alpha value is -3.80. The lowest BCUT2D eigenvalue weighted by molar-refractivity contribution is -0.145. The number of esters is 2. The van der Waals surface area contributed by atoms with Crippen LogP contribution in [0.1, 0.15) is 36.8 Å². The Bertz CT molecular complexity index is 1270. The van der Waals surface area contributed by atoms with Crippen molar-refractivity contribution in [3.63, 3.8) is 0 Å². The van der Waals surface area contributed by atoms with Crippen molar-refractivity contribution in [2.24, 2.45) is 11.8 Å². The number of carbonyl (C=O) groups is 2. The average Bonchev–Trinajstić information content (AvgIpc) is 3.09. The molecule has 0 radical (unpaired) electrons. The van der Waals surface area contributed by atoms with E-state index in [-0.39, 0.29) is 37.4 Å². The Labute approximate surface area is 270 Å². The van der Waals surface area contributed by atoms with Crippen LogP contribution in [-0.4, -0.2) is 65.7 Å². The second-order valence-electron chi connectivity index (χ2n) is 10.9. The molecule has 0 atom stereocenters. The standard InChI is InChI=1S/C36H44O10/c1-39-21-22-42-27-43-26-41-20-19-28-7-13-33(14-8-28)45-35(37)30-9-11-31(12-10-30)36(38)46-34-17-15-32(16-18-34)44-24-23-40-25-29-5-3-2-4-6-29/h2-8,13-18,30-31H,9-12,19-27H2,1H3. The number of benzene rings is 3. The average molecular weight is 637 g/mol. The number of hydrogen-bond acceptors (Lipinski definition) is 10. The highest BCUT2D eigenvalue weighted by Gasteiger charge is 2.32. The van der Waals surface area contributed by atoms with Gasteiger partial charge in [-0.25, -0.2) is 0 Å². The molecule has 1 fully saturated rings. The van der Waals surface area contributed by atoms with E-state index in [9.17, 15) is 9.59 Å². The summed E-state index contributed by atoms with van der Waals surface area (Å²) in [5.74, 6) is 0.587. The number of carbonyl (C=O) groups excluding carboxylic acids is 2. The third kappa shape index (κ3) is 12.9. The van der Waals surface area contributed by atoms with Gasteiger partial charge in [-0.15, -0.1) is 0 Å². The lowest BCUT2D eigenvalue weighted by atomic mass is 9.82. The molecule has 1 saturated carbocycles. The molecule has 3 aromatic carbocycles. The molecule has 3 aromatic rings. The molecule has 248 valence electrons. The molecular formula is C36H44O10. The molecule has 0 saturated heterocycles. The van der Waals surface area contributed by atoms with Crippen LogP contribution in [0, 0.1) is 11.8 Å². The summed E-state index contributed by atoms with van der Waals surface area (Å²) < 4.78 is 43.3. The van der Waals surface area contributed by atoms with Gasteiger partial charge in [0.15, 0.2) is 0 Å². The minimum Gasteiger partial charge on any atom is -0.491 e. The van der Waals surface area contributed by atoms with Crippen LogP contribution in [0.25, 0.3) is 0 Å². The Balaban J connectivity index is 1.06. The molecule has 1 aliphatic rings. The van der Waals surface area contributed by atoms with Crippen molar-refractivity contribution in [3.05, 3.63) is 90.0 Å². The predicted octanol–water partition coefficient (Wildman–Crippen LogP) is 5.75. The summed E-state index contributed by atoms with van der Waals surface area (Å²) in [6, 6.07) is 24.3. The van der Waals surface area contributed by atoms with Gasteiger partial charge in [-0.3, -0.25) is 9.59 Å². The Morgan fingerprint density at radius 2 is 1.11 bits per heavy atom. The van der Waals surface area contributed by atoms with Gasteiger partial charge in [-0.05, 0) is 79.6 Å². The van der Waals surface area contributed by atoms with E-state index in [1.54, 1.807) is 43.5 Å². The first-order valence-corrected chi connectivity index (χ1v) is 15.7. The maximum atomic E-state index is 12.8. The van der Waals surface area contributed by atoms with Crippen molar-refractivity contribution in [2.75, 3.05) is 53.7 Å². The molecule has 0 unspecified atom stereocenters. The molecule has 4 rings (SSSR count). The van der Waals surface area contributed by atoms with Crippen LogP contribution >= 0.6 is 0 Å². The highest BCUT2D eigenvalue weighted by Crippen LogP contribution is 2.31. The molecule has 0 aliphatic heterocycles. The van der Waals surface area contributed by atoms with E-state index >= 15 is 0 Å². The number of rotatable bonds is 20. The topological polar surface area (TPSA) is 108 Å². The predicted molar refractivity (Wildman–Crippen MR) is 169 cm³/mol. The molecule has 0 heterocycles. The van der Waals surface area contributed by atoms with Crippen LogP contribution in [0.15, 0.2) is 78.9 Å². The molecule has 10 heteroatoms. The Kier molecular flexibility index (Phi) is 15.5. The fourth-order valence-corrected chi connectivity index (χ4v) is 4.88. The van der Waals surface area contributed by atoms with Gasteiger partial charge in [0, 0.05) is 7.11 Å². The highest BCUT2D eigenvalue weighted by atomic mass is 16.7. The van der Waals surface area contributed by atoms with Crippen LogP contribution in [0.2, 0.25) is 0 Å². The molecule has 1 aliphatic carbocycles. The largest absolute Gasteiger partial charge is 0.491 e. The van der Waals surface area contributed by atoms with Crippen molar-refractivity contribution in [3.8, 4) is 17.2 Å². The molecule has 10 nitrogen and oxygen atoms in total. The van der Waals surface area contributed by atoms with E-state index in [0.29, 0.717) is 89.0 Å². The second-order valence-corrected chi connectivity index (χ2v) is 10.9. The van der Waals surface area contributed by atoms with Crippen molar-refractivity contribution in [2.45, 2.75) is 38.7 Å². The lowest BCUT2D eigenvalue weighted by Crippen LogP contribution is -2.30. The fraction of sp³-hybridized carbons (Fsp3) is 0.444. The first kappa shape index (κ1) is 35.1. The number of methoxy groups -OCH3 is 1. The zero-order valence-corrected chi connectivity index (χ0v) is 26.4. The molecule has 0 bridgehead atoms. The maximum Gasteiger partial charge on any atom is 0.314 e. The van der Waals surface area contributed by atoms with Gasteiger partial charge < -0.3 is 37.9 Å². The van der Waals surface area contributed by atoms with Gasteiger partial charge in [0.1, 0.15) is 37.4 Å². The van der Waals surface area contributed by atoms with Gasteiger partial charge in [0.2, 0.25) is 0 Å².